The van der Waals surface area contributed by atoms with Crippen molar-refractivity contribution in [1.82, 2.24) is 4.98 Å². The molecule has 0 fully saturated rings. The number of aliphatic carboxylic acids is 1. The van der Waals surface area contributed by atoms with Gasteiger partial charge in [0.1, 0.15) is 24.7 Å². The summed E-state index contributed by atoms with van der Waals surface area (Å²) in [6, 6.07) is 22.0. The lowest BCUT2D eigenvalue weighted by Gasteiger charge is -2.19. The molecule has 0 radical (unpaired) electrons. The fourth-order valence-corrected chi connectivity index (χ4v) is 6.65. The summed E-state index contributed by atoms with van der Waals surface area (Å²) in [4.78, 5) is 17.0. The van der Waals surface area contributed by atoms with Gasteiger partial charge in [0.25, 0.3) is 0 Å². The number of nitrogens with zero attached hydrogens (tertiary/aromatic N) is 1. The highest BCUT2D eigenvalue weighted by Crippen LogP contribution is 2.45. The highest BCUT2D eigenvalue weighted by atomic mass is 35.5. The average Bonchev–Trinajstić information content (AvgIpc) is 3.04. The van der Waals surface area contributed by atoms with E-state index in [0.29, 0.717) is 29.7 Å². The number of pyridine rings is 1. The van der Waals surface area contributed by atoms with Crippen LogP contribution in [0.4, 0.5) is 0 Å². The lowest BCUT2D eigenvalue weighted by Crippen LogP contribution is -2.04. The van der Waals surface area contributed by atoms with Gasteiger partial charge in [0.2, 0.25) is 0 Å². The third-order valence-corrected chi connectivity index (χ3v) is 8.72. The molecule has 0 bridgehead atoms. The first kappa shape index (κ1) is 25.8. The van der Waals surface area contributed by atoms with Crippen LogP contribution < -0.4 is 9.47 Å². The molecular weight excluding hydrogens is 526 g/mol. The van der Waals surface area contributed by atoms with E-state index in [4.69, 9.17) is 31.2 Å². The molecule has 1 aromatic heterocycles. The number of aromatic nitrogens is 1. The monoisotopic (exact) mass is 551 g/mol. The Hall–Kier alpha value is -2.87. The zero-order valence-corrected chi connectivity index (χ0v) is 22.7. The van der Waals surface area contributed by atoms with E-state index in [9.17, 15) is 4.79 Å². The van der Waals surface area contributed by atoms with Gasteiger partial charge >= 0.3 is 5.97 Å². The van der Waals surface area contributed by atoms with Crippen LogP contribution in [0.5, 0.6) is 11.5 Å². The number of carbonyl (C=O) groups is 1. The van der Waals surface area contributed by atoms with Crippen molar-refractivity contribution >= 4 is 52.0 Å². The second-order valence-electron chi connectivity index (χ2n) is 8.58. The van der Waals surface area contributed by atoms with E-state index in [1.54, 1.807) is 23.5 Å². The molecule has 0 amide bonds. The summed E-state index contributed by atoms with van der Waals surface area (Å²) in [7, 11) is 0. The third-order valence-electron chi connectivity index (χ3n) is 6.07. The first-order valence-electron chi connectivity index (χ1n) is 12.0. The van der Waals surface area contributed by atoms with Crippen molar-refractivity contribution in [2.24, 2.45) is 0 Å². The van der Waals surface area contributed by atoms with Gasteiger partial charge in [0.05, 0.1) is 27.9 Å². The van der Waals surface area contributed by atoms with Gasteiger partial charge in [-0.3, -0.25) is 4.79 Å². The lowest BCUT2D eigenvalue weighted by atomic mass is 10.00. The number of carboxylic acid groups (broad SMARTS) is 1. The van der Waals surface area contributed by atoms with Crippen molar-refractivity contribution in [3.8, 4) is 11.5 Å². The number of benzene rings is 3. The number of rotatable bonds is 9. The van der Waals surface area contributed by atoms with Crippen molar-refractivity contribution in [2.75, 3.05) is 11.5 Å². The Morgan fingerprint density at radius 3 is 2.84 bits per heavy atom. The van der Waals surface area contributed by atoms with Crippen LogP contribution in [0.3, 0.4) is 0 Å². The Labute approximate surface area is 229 Å². The van der Waals surface area contributed by atoms with Crippen LogP contribution in [-0.4, -0.2) is 27.6 Å². The summed E-state index contributed by atoms with van der Waals surface area (Å²) < 4.78 is 12.3. The smallest absolute Gasteiger partial charge is 0.304 e. The molecule has 190 valence electrons. The Morgan fingerprint density at radius 2 is 2.00 bits per heavy atom. The van der Waals surface area contributed by atoms with Gasteiger partial charge < -0.3 is 14.6 Å². The zero-order valence-electron chi connectivity index (χ0n) is 20.3. The molecule has 3 aromatic carbocycles. The van der Waals surface area contributed by atoms with E-state index in [1.165, 1.54) is 0 Å². The van der Waals surface area contributed by atoms with Crippen molar-refractivity contribution in [3.05, 3.63) is 94.1 Å². The van der Waals surface area contributed by atoms with Crippen LogP contribution in [0, 0.1) is 0 Å². The quantitative estimate of drug-likeness (QED) is 0.213. The number of carboxylic acids is 1. The predicted octanol–water partition coefficient (Wildman–Crippen LogP) is 7.77. The van der Waals surface area contributed by atoms with Crippen molar-refractivity contribution in [3.63, 3.8) is 0 Å². The molecule has 2 heterocycles. The maximum absolute atomic E-state index is 11.1. The van der Waals surface area contributed by atoms with Crippen molar-refractivity contribution in [2.45, 2.75) is 36.7 Å². The third kappa shape index (κ3) is 6.00. The van der Waals surface area contributed by atoms with Gasteiger partial charge in [-0.25, -0.2) is 4.98 Å². The highest BCUT2D eigenvalue weighted by molar-refractivity contribution is 7.99. The minimum Gasteiger partial charge on any atom is -0.489 e. The topological polar surface area (TPSA) is 68.7 Å². The maximum atomic E-state index is 11.1. The lowest BCUT2D eigenvalue weighted by molar-refractivity contribution is -0.136. The Bertz CT molecular complexity index is 1450. The van der Waals surface area contributed by atoms with Gasteiger partial charge in [-0.2, -0.15) is 0 Å². The zero-order chi connectivity index (χ0) is 25.8. The number of ether oxygens (including phenoxy) is 2. The molecule has 1 aliphatic rings. The average molecular weight is 552 g/mol. The molecule has 0 saturated heterocycles. The van der Waals surface area contributed by atoms with Crippen molar-refractivity contribution < 1.29 is 19.4 Å². The first-order chi connectivity index (χ1) is 18.0. The van der Waals surface area contributed by atoms with Gasteiger partial charge in [-0.15, -0.1) is 23.5 Å². The summed E-state index contributed by atoms with van der Waals surface area (Å²) in [6.45, 7) is 2.89. The Balaban J connectivity index is 1.38. The minimum atomic E-state index is -0.799. The molecule has 0 aliphatic carbocycles. The van der Waals surface area contributed by atoms with Crippen LogP contribution >= 0.6 is 35.1 Å². The van der Waals surface area contributed by atoms with Crippen LogP contribution in [0.25, 0.3) is 10.9 Å². The highest BCUT2D eigenvalue weighted by Gasteiger charge is 2.26. The molecule has 1 atom stereocenters. The summed E-state index contributed by atoms with van der Waals surface area (Å²) in [5.41, 5.74) is 4.88. The molecule has 0 saturated carbocycles. The molecule has 5 rings (SSSR count). The van der Waals surface area contributed by atoms with E-state index in [0.717, 1.165) is 49.7 Å². The standard InChI is InChI=1S/C29H26ClNO4S2/c1-2-36-27-13-18-7-8-20(31-25(18)15-24(27)30)17-34-21-9-10-26-23(14-21)29(37-12-11-28(32)33)22-6-4-3-5-19(22)16-35-26/h3-10,13-15,29H,2,11-12,16-17H2,1H3,(H,32,33). The number of fused-ring (bicyclic) bond motifs is 3. The first-order valence-corrected chi connectivity index (χ1v) is 14.5. The van der Waals surface area contributed by atoms with Crippen LogP contribution in [-0.2, 0) is 18.0 Å². The molecular formula is C29H26ClNO4S2. The number of hydrogen-bond donors (Lipinski definition) is 1. The Morgan fingerprint density at radius 1 is 1.14 bits per heavy atom. The fraction of sp³-hybridized carbons (Fsp3) is 0.241. The van der Waals surface area contributed by atoms with E-state index in [1.807, 2.05) is 48.5 Å². The molecule has 37 heavy (non-hydrogen) atoms. The van der Waals surface area contributed by atoms with Crippen molar-refractivity contribution in [1.29, 1.82) is 0 Å². The van der Waals surface area contributed by atoms with Gasteiger partial charge in [-0.05, 0) is 53.3 Å². The molecule has 0 spiro atoms. The van der Waals surface area contributed by atoms with Crippen LogP contribution in [0.15, 0.2) is 71.6 Å². The maximum Gasteiger partial charge on any atom is 0.304 e. The molecule has 4 aromatic rings. The Kier molecular flexibility index (Phi) is 8.13. The van der Waals surface area contributed by atoms with Crippen LogP contribution in [0.1, 0.15) is 41.0 Å². The largest absolute Gasteiger partial charge is 0.489 e. The summed E-state index contributed by atoms with van der Waals surface area (Å²) in [6.07, 6.45) is 0.103. The second-order valence-corrected chi connectivity index (χ2v) is 11.5. The van der Waals surface area contributed by atoms with E-state index in [-0.39, 0.29) is 11.7 Å². The molecule has 5 nitrogen and oxygen atoms in total. The molecule has 1 N–H and O–H groups in total. The summed E-state index contributed by atoms with van der Waals surface area (Å²) >= 11 is 9.78. The predicted molar refractivity (Wildman–Crippen MR) is 151 cm³/mol. The minimum absolute atomic E-state index is 0.0484. The van der Waals surface area contributed by atoms with Crippen LogP contribution in [0.2, 0.25) is 5.02 Å². The van der Waals surface area contributed by atoms with Gasteiger partial charge in [-0.1, -0.05) is 48.9 Å². The summed E-state index contributed by atoms with van der Waals surface area (Å²) in [5, 5.41) is 10.9. The van der Waals surface area contributed by atoms with E-state index >= 15 is 0 Å². The second kappa shape index (κ2) is 11.7. The van der Waals surface area contributed by atoms with Gasteiger partial charge in [0.15, 0.2) is 0 Å². The number of halogens is 1. The molecule has 8 heteroatoms. The summed E-state index contributed by atoms with van der Waals surface area (Å²) in [5.74, 6) is 2.16. The molecule has 1 unspecified atom stereocenters. The number of thioether (sulfide) groups is 2. The van der Waals surface area contributed by atoms with E-state index in [2.05, 4.69) is 25.1 Å². The fourth-order valence-electron chi connectivity index (χ4n) is 4.31. The molecule has 1 aliphatic heterocycles. The van der Waals surface area contributed by atoms with Gasteiger partial charge in [0, 0.05) is 21.6 Å². The normalized spacial score (nSPS) is 14.4. The number of hydrogen-bond acceptors (Lipinski definition) is 6. The SMILES string of the molecule is CCSc1cc2ccc(COc3ccc4c(c3)C(SCCC(=O)O)c3ccccc3CO4)nc2cc1Cl. The van der Waals surface area contributed by atoms with E-state index < -0.39 is 5.97 Å².